The Morgan fingerprint density at radius 1 is 0.636 bits per heavy atom. The molecule has 0 unspecified atom stereocenters. The number of phosphoric acid groups is 1. The summed E-state index contributed by atoms with van der Waals surface area (Å²) in [7, 11) is -4.64. The molecular weight excluding hydrogens is 209 g/mol. The summed E-state index contributed by atoms with van der Waals surface area (Å²) in [5.41, 5.74) is 0. The Morgan fingerprint density at radius 2 is 0.636 bits per heavy atom. The summed E-state index contributed by atoms with van der Waals surface area (Å²) in [6.45, 7) is 0. The lowest BCUT2D eigenvalue weighted by Crippen LogP contribution is -1.66. The average molecular weight is 218 g/mol. The van der Waals surface area contributed by atoms with Crippen molar-refractivity contribution in [1.29, 1.82) is 0 Å². The Hall–Kier alpha value is -0.310. The van der Waals surface area contributed by atoms with E-state index in [1.54, 1.807) is 0 Å². The Bertz CT molecular complexity index is 60.7. The number of hydrogen-bond donors (Lipinski definition) is 3. The topological polar surface area (TPSA) is 77.8 Å². The quantitative estimate of drug-likeness (QED) is 0.394. The molecule has 0 fully saturated rings. The van der Waals surface area contributed by atoms with Gasteiger partial charge < -0.3 is 14.7 Å². The van der Waals surface area contributed by atoms with Crippen molar-refractivity contribution in [2.75, 3.05) is 0 Å². The molecule has 0 heterocycles. The summed E-state index contributed by atoms with van der Waals surface area (Å²) in [5.74, 6) is 0. The van der Waals surface area contributed by atoms with Gasteiger partial charge in [0.25, 0.3) is 0 Å². The van der Waals surface area contributed by atoms with Crippen molar-refractivity contribution in [3.8, 4) is 0 Å². The van der Waals surface area contributed by atoms with Crippen molar-refractivity contribution < 1.29 is 47.5 Å². The van der Waals surface area contributed by atoms with Crippen LogP contribution < -0.4 is 0 Å². The van der Waals surface area contributed by atoms with E-state index in [-0.39, 0.29) is 28.2 Å². The second-order valence-corrected chi connectivity index (χ2v) is 1.54. The van der Waals surface area contributed by atoms with Crippen LogP contribution in [0.1, 0.15) is 0 Å². The maximum Gasteiger partial charge on any atom is 0.466 e. The zero-order chi connectivity index (χ0) is 4.50. The summed E-state index contributed by atoms with van der Waals surface area (Å²) >= 11 is 0. The summed E-state index contributed by atoms with van der Waals surface area (Å²) in [5, 5.41) is 0. The van der Waals surface area contributed by atoms with Crippen LogP contribution in [0, 0.1) is 0 Å². The smallest absolute Gasteiger partial charge is 0.303 e. The monoisotopic (exact) mass is 218 g/mol. The molecule has 11 heavy (non-hydrogen) atoms. The molecule has 0 rings (SSSR count). The van der Waals surface area contributed by atoms with Gasteiger partial charge in [-0.3, -0.25) is 28.2 Å². The van der Waals surface area contributed by atoms with E-state index in [1.165, 1.54) is 0 Å². The lowest BCUT2D eigenvalue weighted by Gasteiger charge is -1.82. The molecule has 0 bridgehead atoms. The molecule has 80 valence electrons. The fourth-order valence-corrected chi connectivity index (χ4v) is 0. The summed E-state index contributed by atoms with van der Waals surface area (Å²) in [6, 6.07) is 0. The largest absolute Gasteiger partial charge is 0.466 e. The Balaban J connectivity index is -0.00000000533. The first kappa shape index (κ1) is 73.7. The first-order valence-corrected chi connectivity index (χ1v) is 2.35. The highest BCUT2D eigenvalue weighted by Crippen LogP contribution is 2.25. The van der Waals surface area contributed by atoms with Crippen LogP contribution in [0.25, 0.3) is 0 Å². The molecule has 0 saturated carbocycles. The van der Waals surface area contributed by atoms with Gasteiger partial charge in [-0.05, 0) is 0 Å². The van der Waals surface area contributed by atoms with Crippen LogP contribution in [0.15, 0.2) is 0 Å². The molecule has 0 radical (unpaired) electrons. The van der Waals surface area contributed by atoms with Gasteiger partial charge in [0.15, 0.2) is 0 Å². The maximum atomic E-state index is 8.88. The zero-order valence-corrected chi connectivity index (χ0v) is 5.54. The molecule has 0 aromatic rings. The predicted molar refractivity (Wildman–Crippen MR) is 29.3 cm³/mol. The normalized spacial score (nSPS) is 5.36. The summed E-state index contributed by atoms with van der Waals surface area (Å²) < 4.78 is 8.88. The molecule has 0 aliphatic heterocycles. The maximum absolute atomic E-state index is 8.88. The summed E-state index contributed by atoms with van der Waals surface area (Å²) in [4.78, 5) is 21.6. The molecule has 0 aliphatic carbocycles. The van der Waals surface area contributed by atoms with Crippen molar-refractivity contribution in [3.05, 3.63) is 0 Å². The third kappa shape index (κ3) is 5960. The van der Waals surface area contributed by atoms with Crippen molar-refractivity contribution in [2.45, 2.75) is 0 Å². The fraction of sp³-hybridized carbons (Fsp3) is 0. The first-order chi connectivity index (χ1) is 2.00. The van der Waals surface area contributed by atoms with E-state index in [0.29, 0.717) is 0 Å². The average Bonchev–Trinajstić information content (AvgIpc) is 0.722. The van der Waals surface area contributed by atoms with E-state index < -0.39 is 7.82 Å². The number of halogens is 6. The van der Waals surface area contributed by atoms with Crippen molar-refractivity contribution in [3.63, 3.8) is 0 Å². The van der Waals surface area contributed by atoms with E-state index in [9.17, 15) is 0 Å². The van der Waals surface area contributed by atoms with Crippen molar-refractivity contribution in [2.24, 2.45) is 0 Å². The molecule has 4 nitrogen and oxygen atoms in total. The van der Waals surface area contributed by atoms with Crippen LogP contribution in [0.5, 0.6) is 0 Å². The molecule has 0 saturated heterocycles. The van der Waals surface area contributed by atoms with Gasteiger partial charge in [-0.2, -0.15) is 0 Å². The Morgan fingerprint density at radius 3 is 0.636 bits per heavy atom. The third-order valence-corrected chi connectivity index (χ3v) is 0. The fourth-order valence-electron chi connectivity index (χ4n) is 0. The highest BCUT2D eigenvalue weighted by Gasteiger charge is 2.00. The van der Waals surface area contributed by atoms with Gasteiger partial charge in [-0.25, -0.2) is 4.57 Å². The lowest BCUT2D eigenvalue weighted by atomic mass is 15.8. The van der Waals surface area contributed by atoms with Crippen molar-refractivity contribution in [1.82, 2.24) is 0 Å². The van der Waals surface area contributed by atoms with Gasteiger partial charge >= 0.3 is 7.82 Å². The van der Waals surface area contributed by atoms with Gasteiger partial charge in [0, 0.05) is 0 Å². The molecule has 11 heteroatoms. The first-order valence-electron chi connectivity index (χ1n) is 0.783. The minimum atomic E-state index is -4.64. The van der Waals surface area contributed by atoms with Gasteiger partial charge in [-0.15, -0.1) is 0 Å². The molecule has 0 atom stereocenters. The highest BCUT2D eigenvalue weighted by atomic mass is 31.2. The van der Waals surface area contributed by atoms with E-state index in [4.69, 9.17) is 19.2 Å². The molecule has 0 aromatic carbocycles. The minimum Gasteiger partial charge on any atom is -0.303 e. The number of hydrogen-bond acceptors (Lipinski definition) is 1. The molecule has 0 aromatic heterocycles. The Kier molecular flexibility index (Phi) is 151. The van der Waals surface area contributed by atoms with Gasteiger partial charge in [0.2, 0.25) is 0 Å². The molecule has 0 amide bonds. The van der Waals surface area contributed by atoms with Crippen LogP contribution in [0.2, 0.25) is 0 Å². The van der Waals surface area contributed by atoms with E-state index >= 15 is 0 Å². The SMILES string of the molecule is F.F.F.F.F.F.O=P(O)(O)O. The van der Waals surface area contributed by atoms with E-state index in [1.807, 2.05) is 0 Å². The van der Waals surface area contributed by atoms with Gasteiger partial charge in [0.1, 0.15) is 0 Å². The van der Waals surface area contributed by atoms with Crippen LogP contribution in [-0.4, -0.2) is 14.7 Å². The van der Waals surface area contributed by atoms with Crippen LogP contribution >= 0.6 is 7.82 Å². The van der Waals surface area contributed by atoms with Crippen LogP contribution in [-0.2, 0) is 4.57 Å². The zero-order valence-electron chi connectivity index (χ0n) is 4.65. The molecule has 0 spiro atoms. The van der Waals surface area contributed by atoms with E-state index in [0.717, 1.165) is 0 Å². The summed E-state index contributed by atoms with van der Waals surface area (Å²) in [6.07, 6.45) is 0. The molecular formula is H9F6O4P. The highest BCUT2D eigenvalue weighted by molar-refractivity contribution is 7.45. The third-order valence-electron chi connectivity index (χ3n) is 0. The lowest BCUT2D eigenvalue weighted by molar-refractivity contribution is 0.275. The second kappa shape index (κ2) is 22.6. The number of rotatable bonds is 0. The van der Waals surface area contributed by atoms with Crippen LogP contribution in [0.3, 0.4) is 0 Å². The van der Waals surface area contributed by atoms with Crippen LogP contribution in [0.4, 0.5) is 28.2 Å². The van der Waals surface area contributed by atoms with E-state index in [2.05, 4.69) is 0 Å². The predicted octanol–water partition coefficient (Wildman–Crippen LogP) is -0.0136. The van der Waals surface area contributed by atoms with Gasteiger partial charge in [-0.1, -0.05) is 0 Å². The standard InChI is InChI=1S/6FH.H3O4P/c;;;;;;1-5(2,3)4/h6*1H;(H3,1,2,3,4). The van der Waals surface area contributed by atoms with Crippen molar-refractivity contribution >= 4 is 7.82 Å². The minimum absolute atomic E-state index is 0. The second-order valence-electron chi connectivity index (χ2n) is 0.513. The van der Waals surface area contributed by atoms with Gasteiger partial charge in [0.05, 0.1) is 0 Å². The molecule has 0 aliphatic rings. The molecule has 3 N–H and O–H groups in total. The Labute approximate surface area is 56.7 Å².